The Kier molecular flexibility index (Phi) is 6.43. The molecule has 0 heterocycles. The summed E-state index contributed by atoms with van der Waals surface area (Å²) in [6.07, 6.45) is -4.56. The summed E-state index contributed by atoms with van der Waals surface area (Å²) in [6.45, 7) is 6.60. The summed E-state index contributed by atoms with van der Waals surface area (Å²) >= 11 is 7.19. The molecule has 0 aliphatic rings. The quantitative estimate of drug-likeness (QED) is 0.746. The molecule has 0 saturated heterocycles. The molecular weight excluding hydrogens is 337 g/mol. The average molecular weight is 355 g/mol. The molecule has 0 radical (unpaired) electrons. The molecule has 22 heavy (non-hydrogen) atoms. The van der Waals surface area contributed by atoms with Crippen LogP contribution in [0.5, 0.6) is 0 Å². The minimum atomic E-state index is -4.56. The van der Waals surface area contributed by atoms with E-state index in [9.17, 15) is 18.0 Å². The van der Waals surface area contributed by atoms with E-state index in [0.717, 1.165) is 12.1 Å². The zero-order chi connectivity index (χ0) is 17.0. The van der Waals surface area contributed by atoms with Crippen LogP contribution in [0.25, 0.3) is 0 Å². The second kappa shape index (κ2) is 7.46. The molecule has 3 nitrogen and oxygen atoms in total. The van der Waals surface area contributed by atoms with Crippen molar-refractivity contribution in [2.24, 2.45) is 0 Å². The van der Waals surface area contributed by atoms with Crippen LogP contribution in [-0.2, 0) is 6.18 Å². The normalized spacial score (nSPS) is 12.1. The van der Waals surface area contributed by atoms with Gasteiger partial charge in [-0.25, -0.2) is 4.79 Å². The number of urea groups is 1. The predicted octanol–water partition coefficient (Wildman–Crippen LogP) is 5.01. The standard InChI is InChI=1S/C14H18ClF3N2OS/c1-13(2,3)22-7-6-19-12(21)20-9-4-5-11(15)10(8-9)14(16,17)18/h4-5,8H,6-7H2,1-3H3,(H2,19,20,21). The number of alkyl halides is 3. The van der Waals surface area contributed by atoms with Crippen molar-refractivity contribution in [2.45, 2.75) is 31.7 Å². The first-order valence-corrected chi connectivity index (χ1v) is 7.91. The van der Waals surface area contributed by atoms with E-state index in [0.29, 0.717) is 12.3 Å². The Labute approximate surface area is 137 Å². The fourth-order valence-corrected chi connectivity index (χ4v) is 2.56. The Morgan fingerprint density at radius 3 is 2.45 bits per heavy atom. The lowest BCUT2D eigenvalue weighted by Gasteiger charge is -2.17. The molecule has 0 bridgehead atoms. The van der Waals surface area contributed by atoms with Crippen LogP contribution in [-0.4, -0.2) is 23.1 Å². The minimum Gasteiger partial charge on any atom is -0.337 e. The van der Waals surface area contributed by atoms with E-state index >= 15 is 0 Å². The molecule has 1 aromatic rings. The maximum atomic E-state index is 12.7. The fraction of sp³-hybridized carbons (Fsp3) is 0.500. The summed E-state index contributed by atoms with van der Waals surface area (Å²) in [5.74, 6) is 0.714. The topological polar surface area (TPSA) is 41.1 Å². The second-order valence-corrected chi connectivity index (χ2v) is 7.86. The number of hydrogen-bond donors (Lipinski definition) is 2. The molecule has 0 saturated carbocycles. The molecule has 1 rings (SSSR count). The van der Waals surface area contributed by atoms with Gasteiger partial charge in [0.15, 0.2) is 0 Å². The fourth-order valence-electron chi connectivity index (χ4n) is 1.52. The lowest BCUT2D eigenvalue weighted by Crippen LogP contribution is -2.31. The lowest BCUT2D eigenvalue weighted by atomic mass is 10.2. The first-order valence-electron chi connectivity index (χ1n) is 6.54. The van der Waals surface area contributed by atoms with Gasteiger partial charge in [0, 0.05) is 22.7 Å². The molecule has 124 valence electrons. The summed E-state index contributed by atoms with van der Waals surface area (Å²) in [5.41, 5.74) is -0.937. The molecule has 2 amide bonds. The maximum absolute atomic E-state index is 12.7. The van der Waals surface area contributed by atoms with Crippen molar-refractivity contribution in [3.63, 3.8) is 0 Å². The van der Waals surface area contributed by atoms with Gasteiger partial charge in [-0.2, -0.15) is 24.9 Å². The number of carbonyl (C=O) groups is 1. The molecule has 0 aliphatic carbocycles. The number of halogens is 4. The van der Waals surface area contributed by atoms with Crippen molar-refractivity contribution >= 4 is 35.1 Å². The van der Waals surface area contributed by atoms with Crippen molar-refractivity contribution in [3.05, 3.63) is 28.8 Å². The van der Waals surface area contributed by atoms with Gasteiger partial charge >= 0.3 is 12.2 Å². The summed E-state index contributed by atoms with van der Waals surface area (Å²) in [5, 5.41) is 4.55. The van der Waals surface area contributed by atoms with E-state index in [4.69, 9.17) is 11.6 Å². The molecule has 0 atom stereocenters. The Hall–Kier alpha value is -1.08. The third kappa shape index (κ3) is 6.79. The van der Waals surface area contributed by atoms with Gasteiger partial charge in [0.25, 0.3) is 0 Å². The molecule has 8 heteroatoms. The number of thioether (sulfide) groups is 1. The maximum Gasteiger partial charge on any atom is 0.417 e. The third-order valence-corrected chi connectivity index (χ3v) is 4.06. The molecule has 0 spiro atoms. The zero-order valence-electron chi connectivity index (χ0n) is 12.5. The van der Waals surface area contributed by atoms with E-state index in [2.05, 4.69) is 31.4 Å². The largest absolute Gasteiger partial charge is 0.417 e. The Balaban J connectivity index is 2.55. The van der Waals surface area contributed by atoms with Crippen molar-refractivity contribution in [1.29, 1.82) is 0 Å². The number of benzene rings is 1. The van der Waals surface area contributed by atoms with Crippen LogP contribution in [0.3, 0.4) is 0 Å². The van der Waals surface area contributed by atoms with Crippen molar-refractivity contribution in [2.75, 3.05) is 17.6 Å². The molecule has 0 fully saturated rings. The van der Waals surface area contributed by atoms with Gasteiger partial charge in [-0.3, -0.25) is 0 Å². The summed E-state index contributed by atoms with van der Waals surface area (Å²) < 4.78 is 38.2. The van der Waals surface area contributed by atoms with Crippen LogP contribution in [0.1, 0.15) is 26.3 Å². The molecule has 0 aromatic heterocycles. The number of hydrogen-bond acceptors (Lipinski definition) is 2. The smallest absolute Gasteiger partial charge is 0.337 e. The van der Waals surface area contributed by atoms with Gasteiger partial charge in [-0.15, -0.1) is 0 Å². The van der Waals surface area contributed by atoms with Crippen molar-refractivity contribution < 1.29 is 18.0 Å². The molecule has 1 aromatic carbocycles. The van der Waals surface area contributed by atoms with Crippen LogP contribution in [0, 0.1) is 0 Å². The molecule has 0 aliphatic heterocycles. The highest BCUT2D eigenvalue weighted by Gasteiger charge is 2.33. The van der Waals surface area contributed by atoms with Crippen LogP contribution >= 0.6 is 23.4 Å². The SMILES string of the molecule is CC(C)(C)SCCNC(=O)Nc1ccc(Cl)c(C(F)(F)F)c1. The van der Waals surface area contributed by atoms with Gasteiger partial charge in [0.2, 0.25) is 0 Å². The monoisotopic (exact) mass is 354 g/mol. The summed E-state index contributed by atoms with van der Waals surface area (Å²) in [6, 6.07) is 2.69. The zero-order valence-corrected chi connectivity index (χ0v) is 14.0. The van der Waals surface area contributed by atoms with Gasteiger partial charge in [-0.1, -0.05) is 32.4 Å². The first kappa shape index (κ1) is 19.0. The van der Waals surface area contributed by atoms with Gasteiger partial charge in [0.1, 0.15) is 0 Å². The highest BCUT2D eigenvalue weighted by molar-refractivity contribution is 8.00. The minimum absolute atomic E-state index is 0.0395. The van der Waals surface area contributed by atoms with E-state index < -0.39 is 22.8 Å². The number of amides is 2. The van der Waals surface area contributed by atoms with Crippen LogP contribution in [0.4, 0.5) is 23.7 Å². The van der Waals surface area contributed by atoms with Crippen LogP contribution < -0.4 is 10.6 Å². The molecule has 0 unspecified atom stereocenters. The van der Waals surface area contributed by atoms with E-state index in [1.165, 1.54) is 6.07 Å². The van der Waals surface area contributed by atoms with E-state index in [1.54, 1.807) is 11.8 Å². The predicted molar refractivity (Wildman–Crippen MR) is 85.7 cm³/mol. The number of anilines is 1. The lowest BCUT2D eigenvalue weighted by molar-refractivity contribution is -0.137. The van der Waals surface area contributed by atoms with Gasteiger partial charge < -0.3 is 10.6 Å². The highest BCUT2D eigenvalue weighted by atomic mass is 35.5. The van der Waals surface area contributed by atoms with E-state index in [-0.39, 0.29) is 10.4 Å². The van der Waals surface area contributed by atoms with Crippen molar-refractivity contribution in [1.82, 2.24) is 5.32 Å². The van der Waals surface area contributed by atoms with Crippen molar-refractivity contribution in [3.8, 4) is 0 Å². The summed E-state index contributed by atoms with van der Waals surface area (Å²) in [7, 11) is 0. The average Bonchev–Trinajstić information content (AvgIpc) is 2.34. The Morgan fingerprint density at radius 1 is 1.27 bits per heavy atom. The Bertz CT molecular complexity index is 530. The third-order valence-electron chi connectivity index (χ3n) is 2.45. The van der Waals surface area contributed by atoms with Crippen LogP contribution in [0.15, 0.2) is 18.2 Å². The number of carbonyl (C=O) groups excluding carboxylic acids is 1. The molecular formula is C14H18ClF3N2OS. The first-order chi connectivity index (χ1) is 9.99. The number of nitrogens with one attached hydrogen (secondary N) is 2. The van der Waals surface area contributed by atoms with Gasteiger partial charge in [0.05, 0.1) is 10.6 Å². The second-order valence-electron chi connectivity index (χ2n) is 5.53. The number of rotatable bonds is 4. The molecule has 2 N–H and O–H groups in total. The van der Waals surface area contributed by atoms with Crippen LogP contribution in [0.2, 0.25) is 5.02 Å². The summed E-state index contributed by atoms with van der Waals surface area (Å²) in [4.78, 5) is 11.6. The highest BCUT2D eigenvalue weighted by Crippen LogP contribution is 2.36. The van der Waals surface area contributed by atoms with Gasteiger partial charge in [-0.05, 0) is 18.2 Å². The Morgan fingerprint density at radius 2 is 1.91 bits per heavy atom. The van der Waals surface area contributed by atoms with E-state index in [1.807, 2.05) is 0 Å².